The van der Waals surface area contributed by atoms with Gasteiger partial charge >= 0.3 is 0 Å². The summed E-state index contributed by atoms with van der Waals surface area (Å²) in [6.07, 6.45) is -6.41. The van der Waals surface area contributed by atoms with Crippen LogP contribution in [0.25, 0.3) is 22.1 Å². The lowest BCUT2D eigenvalue weighted by Crippen LogP contribution is -2.60. The highest BCUT2D eigenvalue weighted by Gasteiger charge is 2.45. The first-order chi connectivity index (χ1) is 15.3. The molecule has 10 nitrogen and oxygen atoms in total. The summed E-state index contributed by atoms with van der Waals surface area (Å²) in [6, 6.07) is 9.08. The highest BCUT2D eigenvalue weighted by Crippen LogP contribution is 2.33. The van der Waals surface area contributed by atoms with Gasteiger partial charge in [-0.25, -0.2) is 0 Å². The second-order valence-electron chi connectivity index (χ2n) is 7.34. The van der Waals surface area contributed by atoms with Crippen LogP contribution < -0.4 is 14.9 Å². The zero-order valence-corrected chi connectivity index (χ0v) is 16.9. The molecule has 5 unspecified atom stereocenters. The van der Waals surface area contributed by atoms with Crippen LogP contribution in [0.5, 0.6) is 17.2 Å². The molecule has 1 aliphatic heterocycles. The van der Waals surface area contributed by atoms with Crippen molar-refractivity contribution in [1.82, 2.24) is 0 Å². The molecule has 4 rings (SSSR count). The number of ether oxygens (including phenoxy) is 3. The number of benzene rings is 2. The number of hydrogen-bond donors (Lipinski definition) is 5. The van der Waals surface area contributed by atoms with Crippen LogP contribution in [0.3, 0.4) is 0 Å². The number of aliphatic hydroxyl groups excluding tert-OH is 4. The fourth-order valence-corrected chi connectivity index (χ4v) is 3.56. The summed E-state index contributed by atoms with van der Waals surface area (Å²) in [5.41, 5.74) is 0.306. The molecule has 1 aliphatic rings. The Morgan fingerprint density at radius 3 is 2.41 bits per heavy atom. The van der Waals surface area contributed by atoms with Crippen molar-refractivity contribution in [2.45, 2.75) is 30.7 Å². The van der Waals surface area contributed by atoms with Crippen LogP contribution in [-0.4, -0.2) is 70.0 Å². The molecule has 1 aromatic heterocycles. The van der Waals surface area contributed by atoms with Crippen molar-refractivity contribution < 1.29 is 44.2 Å². The molecule has 32 heavy (non-hydrogen) atoms. The van der Waals surface area contributed by atoms with E-state index in [9.17, 15) is 30.3 Å². The van der Waals surface area contributed by atoms with Crippen molar-refractivity contribution in [2.75, 3.05) is 13.7 Å². The van der Waals surface area contributed by atoms with Crippen LogP contribution >= 0.6 is 0 Å². The summed E-state index contributed by atoms with van der Waals surface area (Å²) < 4.78 is 21.6. The van der Waals surface area contributed by atoms with Gasteiger partial charge in [-0.2, -0.15) is 0 Å². The molecule has 2 aromatic carbocycles. The van der Waals surface area contributed by atoms with E-state index >= 15 is 0 Å². The molecule has 1 fully saturated rings. The molecule has 0 bridgehead atoms. The number of hydrogen-bond acceptors (Lipinski definition) is 10. The maximum Gasteiger partial charge on any atom is 0.229 e. The van der Waals surface area contributed by atoms with Gasteiger partial charge in [0.05, 0.1) is 19.3 Å². The Hall–Kier alpha value is -3.15. The van der Waals surface area contributed by atoms with Crippen LogP contribution in [-0.2, 0) is 4.74 Å². The van der Waals surface area contributed by atoms with E-state index < -0.39 is 42.7 Å². The van der Waals surface area contributed by atoms with Gasteiger partial charge in [0.1, 0.15) is 58.9 Å². The Morgan fingerprint density at radius 2 is 1.75 bits per heavy atom. The first-order valence-electron chi connectivity index (χ1n) is 9.74. The minimum absolute atomic E-state index is 0.0202. The first kappa shape index (κ1) is 22.1. The normalized spacial score (nSPS) is 25.6. The van der Waals surface area contributed by atoms with E-state index in [1.54, 1.807) is 24.3 Å². The van der Waals surface area contributed by atoms with Crippen LogP contribution in [0.4, 0.5) is 0 Å². The number of phenolic OH excluding ortho intramolecular Hbond substituents is 1. The Morgan fingerprint density at radius 1 is 1.03 bits per heavy atom. The monoisotopic (exact) mass is 446 g/mol. The predicted octanol–water partition coefficient (Wildman–Crippen LogP) is 0.353. The van der Waals surface area contributed by atoms with E-state index in [1.807, 2.05) is 0 Å². The van der Waals surface area contributed by atoms with Crippen molar-refractivity contribution in [3.05, 3.63) is 52.9 Å². The smallest absolute Gasteiger partial charge is 0.229 e. The maximum atomic E-state index is 13.3. The molecule has 0 amide bonds. The minimum atomic E-state index is -1.69. The molecule has 170 valence electrons. The summed E-state index contributed by atoms with van der Waals surface area (Å²) in [5.74, 6) is 0.154. The van der Waals surface area contributed by atoms with Crippen molar-refractivity contribution in [2.24, 2.45) is 0 Å². The molecule has 2 heterocycles. The lowest BCUT2D eigenvalue weighted by Gasteiger charge is -2.39. The fourth-order valence-electron chi connectivity index (χ4n) is 3.56. The van der Waals surface area contributed by atoms with Crippen LogP contribution in [0.15, 0.2) is 51.9 Å². The lowest BCUT2D eigenvalue weighted by atomic mass is 9.99. The third-order valence-electron chi connectivity index (χ3n) is 5.32. The number of aliphatic hydroxyl groups is 4. The fraction of sp³-hybridized carbons (Fsp3) is 0.318. The number of phenols is 1. The number of aromatic hydroxyl groups is 1. The summed E-state index contributed by atoms with van der Waals surface area (Å²) in [6.45, 7) is -0.644. The second-order valence-corrected chi connectivity index (χ2v) is 7.34. The molecule has 0 aliphatic carbocycles. The van der Waals surface area contributed by atoms with Crippen molar-refractivity contribution in [3.63, 3.8) is 0 Å². The number of rotatable bonds is 5. The summed E-state index contributed by atoms with van der Waals surface area (Å²) in [4.78, 5) is 13.3. The Kier molecular flexibility index (Phi) is 6.04. The van der Waals surface area contributed by atoms with E-state index in [2.05, 4.69) is 0 Å². The molecule has 1 saturated heterocycles. The Balaban J connectivity index is 1.78. The predicted molar refractivity (Wildman–Crippen MR) is 111 cm³/mol. The number of fused-ring (bicyclic) bond motifs is 1. The molecule has 0 saturated carbocycles. The second kappa shape index (κ2) is 8.77. The van der Waals surface area contributed by atoms with Crippen molar-refractivity contribution in [3.8, 4) is 28.4 Å². The molecule has 5 atom stereocenters. The Labute approximate surface area is 181 Å². The van der Waals surface area contributed by atoms with Crippen LogP contribution in [0.1, 0.15) is 0 Å². The largest absolute Gasteiger partial charge is 0.508 e. The van der Waals surface area contributed by atoms with Gasteiger partial charge in [0.25, 0.3) is 0 Å². The van der Waals surface area contributed by atoms with Crippen molar-refractivity contribution in [1.29, 1.82) is 0 Å². The molecule has 0 spiro atoms. The average molecular weight is 446 g/mol. The van der Waals surface area contributed by atoms with Crippen molar-refractivity contribution >= 4 is 11.0 Å². The van der Waals surface area contributed by atoms with E-state index in [1.165, 1.54) is 19.4 Å². The molecular weight excluding hydrogens is 424 g/mol. The highest BCUT2D eigenvalue weighted by atomic mass is 16.7. The zero-order valence-electron chi connectivity index (χ0n) is 16.9. The molecular formula is C22H22O10. The maximum absolute atomic E-state index is 13.3. The Bertz CT molecular complexity index is 1150. The third-order valence-corrected chi connectivity index (χ3v) is 5.32. The molecule has 10 heteroatoms. The number of methoxy groups -OCH3 is 1. The summed E-state index contributed by atoms with van der Waals surface area (Å²) in [7, 11) is 1.52. The van der Waals surface area contributed by atoms with E-state index in [4.69, 9.17) is 18.6 Å². The molecule has 5 N–H and O–H groups in total. The van der Waals surface area contributed by atoms with Gasteiger partial charge in [0, 0.05) is 12.1 Å². The van der Waals surface area contributed by atoms with Gasteiger partial charge in [0.2, 0.25) is 11.7 Å². The third kappa shape index (κ3) is 3.90. The highest BCUT2D eigenvalue weighted by molar-refractivity contribution is 5.88. The topological polar surface area (TPSA) is 159 Å². The SMILES string of the molecule is COc1ccc(-c2coc3cc(O)cc(OC4OC(CO)C(O)C(O)C4O)c3c2=O)cc1. The van der Waals surface area contributed by atoms with Crippen LogP contribution in [0.2, 0.25) is 0 Å². The quantitative estimate of drug-likeness (QED) is 0.370. The van der Waals surface area contributed by atoms with Gasteiger partial charge in [-0.15, -0.1) is 0 Å². The lowest BCUT2D eigenvalue weighted by molar-refractivity contribution is -0.277. The summed E-state index contributed by atoms with van der Waals surface area (Å²) >= 11 is 0. The molecule has 0 radical (unpaired) electrons. The van der Waals surface area contributed by atoms with Gasteiger partial charge in [-0.05, 0) is 17.7 Å². The molecule has 3 aromatic rings. The first-order valence-corrected chi connectivity index (χ1v) is 9.74. The van der Waals surface area contributed by atoms with E-state index in [0.717, 1.165) is 6.07 Å². The van der Waals surface area contributed by atoms with Gasteiger partial charge in [-0.3, -0.25) is 4.79 Å². The van der Waals surface area contributed by atoms with Gasteiger partial charge < -0.3 is 44.2 Å². The minimum Gasteiger partial charge on any atom is -0.508 e. The van der Waals surface area contributed by atoms with E-state index in [0.29, 0.717) is 11.3 Å². The van der Waals surface area contributed by atoms with Crippen LogP contribution in [0, 0.1) is 0 Å². The van der Waals surface area contributed by atoms with Gasteiger partial charge in [0.15, 0.2) is 0 Å². The zero-order chi connectivity index (χ0) is 23.0. The van der Waals surface area contributed by atoms with Gasteiger partial charge in [-0.1, -0.05) is 12.1 Å². The summed E-state index contributed by atoms with van der Waals surface area (Å²) in [5, 5.41) is 49.6. The average Bonchev–Trinajstić information content (AvgIpc) is 2.79. The standard InChI is InChI=1S/C22H22O10/c1-29-12-4-2-10(3-5-12)13-9-30-14-6-11(24)7-15(17(14)18(13)25)31-22-21(28)20(27)19(26)16(8-23)32-22/h2-7,9,16,19-24,26-28H,8H2,1H3. The van der Waals surface area contributed by atoms with E-state index in [-0.39, 0.29) is 28.0 Å².